The molecule has 1 aromatic heterocycles. The molecule has 0 fully saturated rings. The number of benzene rings is 1. The van der Waals surface area contributed by atoms with Crippen molar-refractivity contribution in [3.63, 3.8) is 0 Å². The van der Waals surface area contributed by atoms with Gasteiger partial charge in [-0.25, -0.2) is 9.97 Å². The molecule has 1 N–H and O–H groups in total. The number of nitrogens with zero attached hydrogens (tertiary/aromatic N) is 2. The van der Waals surface area contributed by atoms with Crippen LogP contribution in [0.25, 0.3) is 11.4 Å². The van der Waals surface area contributed by atoms with Crippen molar-refractivity contribution < 1.29 is 0 Å². The Hall–Kier alpha value is -1.26. The monoisotopic (exact) mass is 331 g/mol. The summed E-state index contributed by atoms with van der Waals surface area (Å²) in [5, 5.41) is 3.37. The maximum atomic E-state index is 4.81. The molecule has 0 unspecified atom stereocenters. The topological polar surface area (TPSA) is 37.8 Å². The van der Waals surface area contributed by atoms with Crippen molar-refractivity contribution >= 4 is 15.9 Å². The number of aromatic nitrogens is 2. The Kier molecular flexibility index (Phi) is 3.61. The molecule has 0 bridgehead atoms. The quantitative estimate of drug-likeness (QED) is 0.905. The maximum absolute atomic E-state index is 4.81. The fourth-order valence-electron chi connectivity index (χ4n) is 2.53. The number of halogens is 1. The summed E-state index contributed by atoms with van der Waals surface area (Å²) in [6.07, 6.45) is 0. The van der Waals surface area contributed by atoms with Crippen LogP contribution in [0, 0.1) is 6.92 Å². The molecule has 4 heteroatoms. The van der Waals surface area contributed by atoms with Crippen LogP contribution in [-0.4, -0.2) is 9.97 Å². The number of nitrogens with one attached hydrogen (secondary N) is 1. The maximum Gasteiger partial charge on any atom is 0.159 e. The van der Waals surface area contributed by atoms with Crippen molar-refractivity contribution in [3.8, 4) is 11.4 Å². The third-order valence-electron chi connectivity index (χ3n) is 3.70. The molecule has 0 amide bonds. The van der Waals surface area contributed by atoms with Crippen molar-refractivity contribution in [1.82, 2.24) is 15.3 Å². The van der Waals surface area contributed by atoms with Gasteiger partial charge in [-0.2, -0.15) is 0 Å². The van der Waals surface area contributed by atoms with Gasteiger partial charge in [0.25, 0.3) is 0 Å². The molecule has 0 aliphatic carbocycles. The minimum Gasteiger partial charge on any atom is -0.307 e. The summed E-state index contributed by atoms with van der Waals surface area (Å²) in [5.41, 5.74) is 5.90. The fraction of sp³-hybridized carbons (Fsp3) is 0.375. The Morgan fingerprint density at radius 2 is 2.00 bits per heavy atom. The summed E-state index contributed by atoms with van der Waals surface area (Å²) in [6.45, 7) is 8.20. The minimum absolute atomic E-state index is 0.416. The molecule has 0 spiro atoms. The van der Waals surface area contributed by atoms with Crippen LogP contribution in [0.3, 0.4) is 0 Å². The molecule has 0 atom stereocenters. The third kappa shape index (κ3) is 2.38. The highest BCUT2D eigenvalue weighted by Gasteiger charge is 2.21. The van der Waals surface area contributed by atoms with Gasteiger partial charge >= 0.3 is 0 Å². The summed E-state index contributed by atoms with van der Waals surface area (Å²) >= 11 is 3.59. The normalized spacial score (nSPS) is 13.8. The van der Waals surface area contributed by atoms with E-state index in [1.165, 1.54) is 16.8 Å². The summed E-state index contributed by atoms with van der Waals surface area (Å²) in [7, 11) is 0. The lowest BCUT2D eigenvalue weighted by Crippen LogP contribution is -2.05. The predicted octanol–water partition coefficient (Wildman–Crippen LogP) is 3.94. The first-order valence-electron chi connectivity index (χ1n) is 6.93. The van der Waals surface area contributed by atoms with Gasteiger partial charge in [-0.15, -0.1) is 0 Å². The van der Waals surface area contributed by atoms with Gasteiger partial charge in [-0.05, 0) is 24.5 Å². The summed E-state index contributed by atoms with van der Waals surface area (Å²) < 4.78 is 1.10. The van der Waals surface area contributed by atoms with Gasteiger partial charge in [-0.3, -0.25) is 0 Å². The largest absolute Gasteiger partial charge is 0.307 e. The molecule has 3 nitrogen and oxygen atoms in total. The summed E-state index contributed by atoms with van der Waals surface area (Å²) in [6, 6.07) is 6.29. The highest BCUT2D eigenvalue weighted by Crippen LogP contribution is 2.28. The first kappa shape index (κ1) is 13.7. The van der Waals surface area contributed by atoms with E-state index in [4.69, 9.17) is 9.97 Å². The van der Waals surface area contributed by atoms with E-state index in [9.17, 15) is 0 Å². The summed E-state index contributed by atoms with van der Waals surface area (Å²) in [4.78, 5) is 9.56. The minimum atomic E-state index is 0.416. The number of fused-ring (bicyclic) bond motifs is 1. The Balaban J connectivity index is 2.14. The SMILES string of the molecule is Cc1ccc(-c2nc3c(c(C(C)C)n2)CNC3)cc1Br. The smallest absolute Gasteiger partial charge is 0.159 e. The van der Waals surface area contributed by atoms with Crippen molar-refractivity contribution in [3.05, 3.63) is 45.2 Å². The van der Waals surface area contributed by atoms with Gasteiger partial charge in [0.2, 0.25) is 0 Å². The van der Waals surface area contributed by atoms with Crippen molar-refractivity contribution in [2.45, 2.75) is 39.8 Å². The number of hydrogen-bond donors (Lipinski definition) is 1. The Morgan fingerprint density at radius 1 is 1.20 bits per heavy atom. The van der Waals surface area contributed by atoms with Crippen LogP contribution in [0.2, 0.25) is 0 Å². The second-order valence-corrected chi connectivity index (χ2v) is 6.43. The molecule has 0 radical (unpaired) electrons. The second-order valence-electron chi connectivity index (χ2n) is 5.58. The van der Waals surface area contributed by atoms with E-state index in [1.807, 2.05) is 0 Å². The van der Waals surface area contributed by atoms with Gasteiger partial charge in [0.15, 0.2) is 5.82 Å². The highest BCUT2D eigenvalue weighted by atomic mass is 79.9. The molecule has 1 aliphatic heterocycles. The zero-order valence-electron chi connectivity index (χ0n) is 12.0. The Bertz CT molecular complexity index is 665. The van der Waals surface area contributed by atoms with Crippen molar-refractivity contribution in [2.75, 3.05) is 0 Å². The average molecular weight is 332 g/mol. The van der Waals surface area contributed by atoms with Gasteiger partial charge in [-0.1, -0.05) is 41.9 Å². The van der Waals surface area contributed by atoms with Crippen molar-refractivity contribution in [2.24, 2.45) is 0 Å². The first-order valence-corrected chi connectivity index (χ1v) is 7.72. The molecule has 20 heavy (non-hydrogen) atoms. The van der Waals surface area contributed by atoms with E-state index in [1.54, 1.807) is 0 Å². The van der Waals surface area contributed by atoms with Crippen LogP contribution in [0.1, 0.15) is 42.3 Å². The first-order chi connectivity index (χ1) is 9.56. The molecule has 3 rings (SSSR count). The van der Waals surface area contributed by atoms with Crippen LogP contribution in [-0.2, 0) is 13.1 Å². The standard InChI is InChI=1S/C16H18BrN3/c1-9(2)15-12-7-18-8-14(12)19-16(20-15)11-5-4-10(3)13(17)6-11/h4-6,9,18H,7-8H2,1-3H3. The van der Waals surface area contributed by atoms with Gasteiger partial charge in [0.1, 0.15) is 0 Å². The highest BCUT2D eigenvalue weighted by molar-refractivity contribution is 9.10. The number of aryl methyl sites for hydroxylation is 1. The fourth-order valence-corrected chi connectivity index (χ4v) is 2.91. The van der Waals surface area contributed by atoms with Crippen molar-refractivity contribution in [1.29, 1.82) is 0 Å². The second kappa shape index (κ2) is 5.26. The van der Waals surface area contributed by atoms with E-state index in [0.29, 0.717) is 5.92 Å². The van der Waals surface area contributed by atoms with E-state index < -0.39 is 0 Å². The molecule has 2 heterocycles. The molecule has 1 aliphatic rings. The van der Waals surface area contributed by atoms with Crippen LogP contribution in [0.5, 0.6) is 0 Å². The van der Waals surface area contributed by atoms with Crippen LogP contribution >= 0.6 is 15.9 Å². The van der Waals surface area contributed by atoms with E-state index in [-0.39, 0.29) is 0 Å². The molecule has 104 valence electrons. The molecular formula is C16H18BrN3. The summed E-state index contributed by atoms with van der Waals surface area (Å²) in [5.74, 6) is 1.25. The zero-order chi connectivity index (χ0) is 14.3. The predicted molar refractivity (Wildman–Crippen MR) is 84.5 cm³/mol. The van der Waals surface area contributed by atoms with Gasteiger partial charge < -0.3 is 5.32 Å². The molecule has 2 aromatic rings. The Labute approximate surface area is 128 Å². The van der Waals surface area contributed by atoms with Gasteiger partial charge in [0.05, 0.1) is 11.4 Å². The molecule has 1 aromatic carbocycles. The van der Waals surface area contributed by atoms with Crippen LogP contribution in [0.15, 0.2) is 22.7 Å². The third-order valence-corrected chi connectivity index (χ3v) is 4.55. The Morgan fingerprint density at radius 3 is 2.70 bits per heavy atom. The lowest BCUT2D eigenvalue weighted by molar-refractivity contribution is 0.746. The van der Waals surface area contributed by atoms with E-state index >= 15 is 0 Å². The lowest BCUT2D eigenvalue weighted by Gasteiger charge is -2.12. The molecular weight excluding hydrogens is 314 g/mol. The lowest BCUT2D eigenvalue weighted by atomic mass is 10.0. The average Bonchev–Trinajstić information content (AvgIpc) is 2.88. The molecule has 0 saturated heterocycles. The van der Waals surface area contributed by atoms with E-state index in [0.717, 1.165) is 34.6 Å². The van der Waals surface area contributed by atoms with Crippen LogP contribution < -0.4 is 5.32 Å². The van der Waals surface area contributed by atoms with E-state index in [2.05, 4.69) is 60.2 Å². The molecule has 0 saturated carbocycles. The van der Waals surface area contributed by atoms with Gasteiger partial charge in [0, 0.05) is 28.7 Å². The van der Waals surface area contributed by atoms with Crippen LogP contribution in [0.4, 0.5) is 0 Å². The number of rotatable bonds is 2. The zero-order valence-corrected chi connectivity index (χ0v) is 13.6. The number of hydrogen-bond acceptors (Lipinski definition) is 3.